The van der Waals surface area contributed by atoms with Crippen LogP contribution < -0.4 is 0 Å². The maximum atomic E-state index is 11.0. The van der Waals surface area contributed by atoms with Crippen molar-refractivity contribution in [1.82, 2.24) is 0 Å². The molecule has 0 aromatic carbocycles. The predicted molar refractivity (Wildman–Crippen MR) is 53.0 cm³/mol. The van der Waals surface area contributed by atoms with Crippen LogP contribution in [0.3, 0.4) is 0 Å². The van der Waals surface area contributed by atoms with Crippen molar-refractivity contribution in [1.29, 1.82) is 0 Å². The Bertz CT molecular complexity index is 225. The van der Waals surface area contributed by atoms with Gasteiger partial charge in [0, 0.05) is 0 Å². The molecule has 1 rings (SSSR count). The summed E-state index contributed by atoms with van der Waals surface area (Å²) in [5, 5.41) is 9.02. The van der Waals surface area contributed by atoms with E-state index in [4.69, 9.17) is 16.7 Å². The Morgan fingerprint density at radius 2 is 2.00 bits per heavy atom. The van der Waals surface area contributed by atoms with Gasteiger partial charge < -0.3 is 5.11 Å². The maximum absolute atomic E-state index is 11.0. The van der Waals surface area contributed by atoms with Crippen LogP contribution in [0.4, 0.5) is 0 Å². The molecule has 0 bridgehead atoms. The molecule has 2 nitrogen and oxygen atoms in total. The normalized spacial score (nSPS) is 38.6. The Morgan fingerprint density at radius 1 is 1.46 bits per heavy atom. The van der Waals surface area contributed by atoms with E-state index >= 15 is 0 Å². The zero-order chi connectivity index (χ0) is 10.3. The van der Waals surface area contributed by atoms with E-state index in [-0.39, 0.29) is 5.41 Å². The van der Waals surface area contributed by atoms with E-state index in [0.717, 1.165) is 6.42 Å². The van der Waals surface area contributed by atoms with E-state index in [1.54, 1.807) is 0 Å². The van der Waals surface area contributed by atoms with Gasteiger partial charge in [0.25, 0.3) is 0 Å². The van der Waals surface area contributed by atoms with Crippen molar-refractivity contribution in [2.24, 2.45) is 11.3 Å². The van der Waals surface area contributed by atoms with Crippen molar-refractivity contribution in [3.8, 4) is 0 Å². The molecule has 13 heavy (non-hydrogen) atoms. The molecule has 0 aliphatic heterocycles. The fourth-order valence-electron chi connectivity index (χ4n) is 2.63. The Morgan fingerprint density at radius 3 is 2.38 bits per heavy atom. The molecule has 0 radical (unpaired) electrons. The molecular formula is C10H17ClO2. The molecule has 3 heteroatoms. The Kier molecular flexibility index (Phi) is 2.63. The average molecular weight is 205 g/mol. The first-order valence-corrected chi connectivity index (χ1v) is 5.05. The molecule has 0 amide bonds. The third-order valence-electron chi connectivity index (χ3n) is 2.72. The van der Waals surface area contributed by atoms with Crippen LogP contribution in [0.25, 0.3) is 0 Å². The third kappa shape index (κ3) is 2.37. The minimum absolute atomic E-state index is 0.0534. The highest BCUT2D eigenvalue weighted by molar-refractivity contribution is 6.33. The molecule has 1 N–H and O–H groups in total. The average Bonchev–Trinajstić information content (AvgIpc) is 1.79. The summed E-state index contributed by atoms with van der Waals surface area (Å²) in [5.41, 5.74) is 0.0534. The SMILES string of the molecule is CC1CC(C)(C)CC(Cl)(C(=O)O)C1. The third-order valence-corrected chi connectivity index (χ3v) is 3.16. The topological polar surface area (TPSA) is 37.3 Å². The number of halogens is 1. The molecule has 1 saturated carbocycles. The van der Waals surface area contributed by atoms with Crippen LogP contribution in [0.15, 0.2) is 0 Å². The Hall–Kier alpha value is -0.240. The molecule has 1 aliphatic rings. The van der Waals surface area contributed by atoms with Crippen molar-refractivity contribution in [2.75, 3.05) is 0 Å². The fraction of sp³-hybridized carbons (Fsp3) is 0.900. The smallest absolute Gasteiger partial charge is 0.324 e. The van der Waals surface area contributed by atoms with Crippen LogP contribution in [-0.4, -0.2) is 16.0 Å². The quantitative estimate of drug-likeness (QED) is 0.667. The summed E-state index contributed by atoms with van der Waals surface area (Å²) in [7, 11) is 0. The first-order chi connectivity index (χ1) is 5.75. The van der Waals surface area contributed by atoms with Gasteiger partial charge in [0.15, 0.2) is 0 Å². The van der Waals surface area contributed by atoms with Crippen LogP contribution in [0.2, 0.25) is 0 Å². The van der Waals surface area contributed by atoms with E-state index in [9.17, 15) is 4.79 Å². The molecule has 0 aromatic rings. The molecule has 76 valence electrons. The lowest BCUT2D eigenvalue weighted by Crippen LogP contribution is -2.43. The van der Waals surface area contributed by atoms with Gasteiger partial charge in [-0.25, -0.2) is 0 Å². The summed E-state index contributed by atoms with van der Waals surface area (Å²) in [4.78, 5) is 9.95. The second-order valence-electron chi connectivity index (χ2n) is 5.12. The first kappa shape index (κ1) is 10.8. The van der Waals surface area contributed by atoms with Gasteiger partial charge in [0.05, 0.1) is 0 Å². The van der Waals surface area contributed by atoms with Crippen LogP contribution in [-0.2, 0) is 4.79 Å². The Balaban J connectivity index is 2.84. The summed E-state index contributed by atoms with van der Waals surface area (Å²) in [5.74, 6) is -0.467. The van der Waals surface area contributed by atoms with E-state index in [1.807, 2.05) is 0 Å². The lowest BCUT2D eigenvalue weighted by Gasteiger charge is -2.41. The van der Waals surface area contributed by atoms with E-state index in [1.165, 1.54) is 0 Å². The lowest BCUT2D eigenvalue weighted by atomic mass is 9.67. The molecule has 1 fully saturated rings. The van der Waals surface area contributed by atoms with Gasteiger partial charge in [0.1, 0.15) is 4.87 Å². The van der Waals surface area contributed by atoms with Gasteiger partial charge in [-0.2, -0.15) is 0 Å². The molecule has 1 aliphatic carbocycles. The van der Waals surface area contributed by atoms with Crippen LogP contribution in [0.1, 0.15) is 40.0 Å². The van der Waals surface area contributed by atoms with E-state index in [0.29, 0.717) is 18.8 Å². The van der Waals surface area contributed by atoms with Gasteiger partial charge in [-0.1, -0.05) is 20.8 Å². The summed E-state index contributed by atoms with van der Waals surface area (Å²) in [6.45, 7) is 6.24. The fourth-order valence-corrected chi connectivity index (χ4v) is 3.26. The minimum atomic E-state index is -1.03. The zero-order valence-corrected chi connectivity index (χ0v) is 9.19. The number of alkyl halides is 1. The Labute approximate surface area is 84.3 Å². The number of carboxylic acids is 1. The van der Waals surface area contributed by atoms with Gasteiger partial charge in [-0.15, -0.1) is 11.6 Å². The summed E-state index contributed by atoms with van der Waals surface area (Å²) < 4.78 is 0. The van der Waals surface area contributed by atoms with Gasteiger partial charge in [-0.05, 0) is 30.6 Å². The molecule has 2 unspecified atom stereocenters. The highest BCUT2D eigenvalue weighted by atomic mass is 35.5. The number of aliphatic carboxylic acids is 1. The van der Waals surface area contributed by atoms with Crippen molar-refractivity contribution >= 4 is 17.6 Å². The number of hydrogen-bond donors (Lipinski definition) is 1. The maximum Gasteiger partial charge on any atom is 0.324 e. The van der Waals surface area contributed by atoms with Crippen LogP contribution in [0.5, 0.6) is 0 Å². The first-order valence-electron chi connectivity index (χ1n) is 4.67. The number of hydrogen-bond acceptors (Lipinski definition) is 1. The number of carbonyl (C=O) groups is 1. The summed E-state index contributed by atoms with van der Waals surface area (Å²) in [6.07, 6.45) is 2.23. The lowest BCUT2D eigenvalue weighted by molar-refractivity contribution is -0.143. The summed E-state index contributed by atoms with van der Waals surface area (Å²) in [6, 6.07) is 0. The minimum Gasteiger partial charge on any atom is -0.480 e. The van der Waals surface area contributed by atoms with Crippen molar-refractivity contribution in [2.45, 2.75) is 44.9 Å². The highest BCUT2D eigenvalue weighted by Gasteiger charge is 2.46. The van der Waals surface area contributed by atoms with Crippen LogP contribution in [0, 0.1) is 11.3 Å². The van der Waals surface area contributed by atoms with E-state index < -0.39 is 10.8 Å². The largest absolute Gasteiger partial charge is 0.480 e. The molecular weight excluding hydrogens is 188 g/mol. The molecule has 0 heterocycles. The van der Waals surface area contributed by atoms with Crippen molar-refractivity contribution < 1.29 is 9.90 Å². The van der Waals surface area contributed by atoms with Gasteiger partial charge in [-0.3, -0.25) is 4.79 Å². The summed E-state index contributed by atoms with van der Waals surface area (Å²) >= 11 is 6.09. The zero-order valence-electron chi connectivity index (χ0n) is 8.43. The number of carboxylic acid groups (broad SMARTS) is 1. The van der Waals surface area contributed by atoms with Crippen molar-refractivity contribution in [3.63, 3.8) is 0 Å². The van der Waals surface area contributed by atoms with Crippen LogP contribution >= 0.6 is 11.6 Å². The van der Waals surface area contributed by atoms with Crippen molar-refractivity contribution in [3.05, 3.63) is 0 Å². The standard InChI is InChI=1S/C10H17ClO2/c1-7-4-9(2,3)6-10(11,5-7)8(12)13/h7H,4-6H2,1-3H3,(H,12,13). The van der Waals surface area contributed by atoms with Gasteiger partial charge in [0.2, 0.25) is 0 Å². The second-order valence-corrected chi connectivity index (χ2v) is 5.85. The van der Waals surface area contributed by atoms with Gasteiger partial charge >= 0.3 is 5.97 Å². The second kappa shape index (κ2) is 3.16. The number of rotatable bonds is 1. The van der Waals surface area contributed by atoms with E-state index in [2.05, 4.69) is 20.8 Å². The molecule has 2 atom stereocenters. The molecule has 0 aromatic heterocycles. The molecule has 0 saturated heterocycles. The predicted octanol–water partition coefficient (Wildman–Crippen LogP) is 2.89. The monoisotopic (exact) mass is 204 g/mol. The highest BCUT2D eigenvalue weighted by Crippen LogP contribution is 2.47. The molecule has 0 spiro atoms.